The van der Waals surface area contributed by atoms with Gasteiger partial charge in [0.1, 0.15) is 11.6 Å². The molecule has 0 aromatic heterocycles. The summed E-state index contributed by atoms with van der Waals surface area (Å²) in [7, 11) is 0. The predicted octanol–water partition coefficient (Wildman–Crippen LogP) is 0.293. The monoisotopic (exact) mass is 410 g/mol. The molecule has 0 atom stereocenters. The number of anilines is 1. The molecule has 0 aliphatic rings. The van der Waals surface area contributed by atoms with Crippen LogP contribution in [0.25, 0.3) is 0 Å². The van der Waals surface area contributed by atoms with Gasteiger partial charge in [-0.25, -0.2) is 8.78 Å². The lowest BCUT2D eigenvalue weighted by Crippen LogP contribution is -3.00. The number of hydrogen-bond donors (Lipinski definition) is 2. The smallest absolute Gasteiger partial charge is 0.258 e. The Bertz CT molecular complexity index is 797. The number of likely N-dealkylation sites (N-methyl/N-ethyl adjacent to an activating group) is 1. The third kappa shape index (κ3) is 6.58. The number of carbonyl (C=O) groups is 2. The molecule has 2 amide bonds. The SMILES string of the molecule is CCN(CC)CCNC(=O)c1ccc(NC(=O)c2ccc(F)cc2F)cc1.[Cl-]. The number of rotatable bonds is 8. The van der Waals surface area contributed by atoms with Crippen LogP contribution >= 0.6 is 0 Å². The molecule has 0 saturated heterocycles. The number of benzene rings is 2. The van der Waals surface area contributed by atoms with E-state index >= 15 is 0 Å². The van der Waals surface area contributed by atoms with Gasteiger partial charge in [-0.3, -0.25) is 9.59 Å². The van der Waals surface area contributed by atoms with E-state index in [1.165, 1.54) is 0 Å². The van der Waals surface area contributed by atoms with Gasteiger partial charge in [-0.2, -0.15) is 0 Å². The van der Waals surface area contributed by atoms with Crippen molar-refractivity contribution in [1.29, 1.82) is 0 Å². The molecule has 0 heterocycles. The van der Waals surface area contributed by atoms with Gasteiger partial charge >= 0.3 is 0 Å². The van der Waals surface area contributed by atoms with Crippen LogP contribution in [0.15, 0.2) is 42.5 Å². The summed E-state index contributed by atoms with van der Waals surface area (Å²) < 4.78 is 26.6. The van der Waals surface area contributed by atoms with Crippen LogP contribution in [0.3, 0.4) is 0 Å². The van der Waals surface area contributed by atoms with E-state index in [2.05, 4.69) is 29.4 Å². The van der Waals surface area contributed by atoms with Gasteiger partial charge in [0.15, 0.2) is 0 Å². The average Bonchev–Trinajstić information content (AvgIpc) is 2.65. The van der Waals surface area contributed by atoms with Crippen LogP contribution in [-0.4, -0.2) is 42.9 Å². The minimum absolute atomic E-state index is 0. The molecule has 0 spiro atoms. The van der Waals surface area contributed by atoms with E-state index in [1.54, 1.807) is 24.3 Å². The van der Waals surface area contributed by atoms with Gasteiger partial charge in [-0.15, -0.1) is 0 Å². The van der Waals surface area contributed by atoms with Crippen LogP contribution in [0.1, 0.15) is 34.6 Å². The highest BCUT2D eigenvalue weighted by atomic mass is 35.5. The molecule has 8 heteroatoms. The molecule has 0 unspecified atom stereocenters. The van der Waals surface area contributed by atoms with Crippen LogP contribution in [0.2, 0.25) is 0 Å². The van der Waals surface area contributed by atoms with Crippen molar-refractivity contribution in [2.45, 2.75) is 13.8 Å². The van der Waals surface area contributed by atoms with Crippen molar-refractivity contribution >= 4 is 17.5 Å². The first kappa shape index (κ1) is 23.5. The second-order valence-electron chi connectivity index (χ2n) is 5.94. The van der Waals surface area contributed by atoms with Crippen molar-refractivity contribution in [2.24, 2.45) is 0 Å². The second-order valence-corrected chi connectivity index (χ2v) is 5.94. The van der Waals surface area contributed by atoms with Gasteiger partial charge < -0.3 is 27.9 Å². The Morgan fingerprint density at radius 3 is 2.18 bits per heavy atom. The Hall–Kier alpha value is -2.51. The highest BCUT2D eigenvalue weighted by Crippen LogP contribution is 2.14. The normalized spacial score (nSPS) is 10.3. The molecule has 0 fully saturated rings. The second kappa shape index (κ2) is 11.4. The minimum atomic E-state index is -0.934. The van der Waals surface area contributed by atoms with E-state index in [-0.39, 0.29) is 23.9 Å². The maximum absolute atomic E-state index is 13.6. The van der Waals surface area contributed by atoms with Crippen LogP contribution < -0.4 is 23.0 Å². The van der Waals surface area contributed by atoms with E-state index in [0.717, 1.165) is 31.8 Å². The fourth-order valence-corrected chi connectivity index (χ4v) is 2.55. The van der Waals surface area contributed by atoms with Crippen molar-refractivity contribution in [3.8, 4) is 0 Å². The Morgan fingerprint density at radius 2 is 1.61 bits per heavy atom. The summed E-state index contributed by atoms with van der Waals surface area (Å²) in [5, 5.41) is 5.36. The predicted molar refractivity (Wildman–Crippen MR) is 101 cm³/mol. The topological polar surface area (TPSA) is 61.4 Å². The van der Waals surface area contributed by atoms with E-state index in [9.17, 15) is 18.4 Å². The van der Waals surface area contributed by atoms with Crippen molar-refractivity contribution in [3.05, 3.63) is 65.2 Å². The zero-order valence-corrected chi connectivity index (χ0v) is 16.5. The Kier molecular flexibility index (Phi) is 9.55. The fourth-order valence-electron chi connectivity index (χ4n) is 2.55. The summed E-state index contributed by atoms with van der Waals surface area (Å²) in [6.45, 7) is 7.30. The summed E-state index contributed by atoms with van der Waals surface area (Å²) in [6.07, 6.45) is 0. The molecule has 2 rings (SSSR count). The number of amides is 2. The molecule has 0 radical (unpaired) electrons. The summed E-state index contributed by atoms with van der Waals surface area (Å²) in [4.78, 5) is 26.4. The molecule has 2 aromatic rings. The van der Waals surface area contributed by atoms with Crippen LogP contribution in [0, 0.1) is 11.6 Å². The largest absolute Gasteiger partial charge is 1.00 e. The van der Waals surface area contributed by atoms with E-state index in [0.29, 0.717) is 23.9 Å². The van der Waals surface area contributed by atoms with E-state index < -0.39 is 17.5 Å². The lowest BCUT2D eigenvalue weighted by Gasteiger charge is -2.18. The van der Waals surface area contributed by atoms with Gasteiger partial charge in [-0.1, -0.05) is 13.8 Å². The molecule has 0 saturated carbocycles. The molecule has 2 N–H and O–H groups in total. The molecule has 2 aromatic carbocycles. The fraction of sp³-hybridized carbons (Fsp3) is 0.300. The molecule has 28 heavy (non-hydrogen) atoms. The first-order valence-electron chi connectivity index (χ1n) is 8.81. The lowest BCUT2D eigenvalue weighted by molar-refractivity contribution is -0.0000230. The zero-order valence-electron chi connectivity index (χ0n) is 15.8. The average molecular weight is 411 g/mol. The highest BCUT2D eigenvalue weighted by Gasteiger charge is 2.13. The summed E-state index contributed by atoms with van der Waals surface area (Å²) in [5.74, 6) is -2.58. The van der Waals surface area contributed by atoms with Crippen molar-refractivity contribution in [2.75, 3.05) is 31.5 Å². The van der Waals surface area contributed by atoms with Crippen LogP contribution in [0.5, 0.6) is 0 Å². The summed E-state index contributed by atoms with van der Waals surface area (Å²) in [6, 6.07) is 9.01. The van der Waals surface area contributed by atoms with Gasteiger partial charge in [0.25, 0.3) is 11.8 Å². The summed E-state index contributed by atoms with van der Waals surface area (Å²) in [5.41, 5.74) is 0.610. The van der Waals surface area contributed by atoms with Crippen LogP contribution in [-0.2, 0) is 0 Å². The van der Waals surface area contributed by atoms with Gasteiger partial charge in [0, 0.05) is 30.4 Å². The van der Waals surface area contributed by atoms with E-state index in [1.807, 2.05) is 0 Å². The highest BCUT2D eigenvalue weighted by molar-refractivity contribution is 6.04. The molecule has 0 aliphatic carbocycles. The first-order valence-corrected chi connectivity index (χ1v) is 8.81. The molecule has 0 aliphatic heterocycles. The van der Waals surface area contributed by atoms with Crippen molar-refractivity contribution < 1.29 is 30.8 Å². The molecular formula is C20H23ClF2N3O2-. The number of nitrogens with one attached hydrogen (secondary N) is 2. The van der Waals surface area contributed by atoms with Gasteiger partial charge in [0.2, 0.25) is 0 Å². The third-order valence-electron chi connectivity index (χ3n) is 4.19. The molecule has 5 nitrogen and oxygen atoms in total. The third-order valence-corrected chi connectivity index (χ3v) is 4.19. The molecule has 0 bridgehead atoms. The van der Waals surface area contributed by atoms with Crippen LogP contribution in [0.4, 0.5) is 14.5 Å². The van der Waals surface area contributed by atoms with Gasteiger partial charge in [0.05, 0.1) is 5.56 Å². The Morgan fingerprint density at radius 1 is 0.964 bits per heavy atom. The molecule has 152 valence electrons. The Labute approximate surface area is 169 Å². The number of hydrogen-bond acceptors (Lipinski definition) is 3. The maximum atomic E-state index is 13.6. The lowest BCUT2D eigenvalue weighted by atomic mass is 10.1. The number of nitrogens with zero attached hydrogens (tertiary/aromatic N) is 1. The standard InChI is InChI=1S/C20H23F2N3O2.ClH/c1-3-25(4-2)12-11-23-19(26)14-5-8-16(9-6-14)24-20(27)17-10-7-15(21)13-18(17)22;/h5-10,13H,3-4,11-12H2,1-2H3,(H,23,26)(H,24,27);1H/p-1. The van der Waals surface area contributed by atoms with Gasteiger partial charge in [-0.05, 0) is 49.5 Å². The Balaban J connectivity index is 0.00000392. The van der Waals surface area contributed by atoms with Crippen molar-refractivity contribution in [3.63, 3.8) is 0 Å². The zero-order chi connectivity index (χ0) is 19.8. The first-order chi connectivity index (χ1) is 12.9. The van der Waals surface area contributed by atoms with E-state index in [4.69, 9.17) is 0 Å². The number of carbonyl (C=O) groups excluding carboxylic acids is 2. The summed E-state index contributed by atoms with van der Waals surface area (Å²) >= 11 is 0. The maximum Gasteiger partial charge on any atom is 0.258 e. The minimum Gasteiger partial charge on any atom is -1.00 e. The number of halogens is 3. The van der Waals surface area contributed by atoms with Crippen molar-refractivity contribution in [1.82, 2.24) is 10.2 Å². The molecular weight excluding hydrogens is 388 g/mol. The quantitative estimate of drug-likeness (QED) is 0.657.